The maximum absolute atomic E-state index is 6.12. The number of hydrogen-bond acceptors (Lipinski definition) is 2. The highest BCUT2D eigenvalue weighted by Crippen LogP contribution is 2.25. The zero-order chi connectivity index (χ0) is 8.48. The van der Waals surface area contributed by atoms with Crippen molar-refractivity contribution in [3.8, 4) is 0 Å². The van der Waals surface area contributed by atoms with Gasteiger partial charge in [0.25, 0.3) is 0 Å². The molecule has 0 aromatic carbocycles. The Kier molecular flexibility index (Phi) is 2.55. The second kappa shape index (κ2) is 3.11. The summed E-state index contributed by atoms with van der Waals surface area (Å²) < 4.78 is 0. The molecule has 0 bridgehead atoms. The van der Waals surface area contributed by atoms with Gasteiger partial charge in [-0.1, -0.05) is 20.8 Å². The van der Waals surface area contributed by atoms with Gasteiger partial charge in [-0.05, 0) is 18.9 Å². The maximum atomic E-state index is 6.12. The highest BCUT2D eigenvalue weighted by molar-refractivity contribution is 5.01. The molecule has 0 atom stereocenters. The highest BCUT2D eigenvalue weighted by Gasteiger charge is 2.40. The van der Waals surface area contributed by atoms with Crippen molar-refractivity contribution in [3.05, 3.63) is 0 Å². The molecule has 0 spiro atoms. The number of nitrogens with two attached hydrogens (primary N) is 1. The standard InChI is InChI=1S/C9H20N2/c1-4-5-11-6-9(10,7-11)8(2)3/h8H,4-7,10H2,1-3H3. The van der Waals surface area contributed by atoms with E-state index in [0.717, 1.165) is 13.1 Å². The van der Waals surface area contributed by atoms with Gasteiger partial charge in [0.2, 0.25) is 0 Å². The number of likely N-dealkylation sites (tertiary alicyclic amines) is 1. The first kappa shape index (κ1) is 9.01. The van der Waals surface area contributed by atoms with E-state index >= 15 is 0 Å². The maximum Gasteiger partial charge on any atom is 0.0435 e. The summed E-state index contributed by atoms with van der Waals surface area (Å²) in [6.45, 7) is 10.0. The van der Waals surface area contributed by atoms with Crippen LogP contribution in [0.5, 0.6) is 0 Å². The quantitative estimate of drug-likeness (QED) is 0.662. The molecule has 0 amide bonds. The van der Waals surface area contributed by atoms with E-state index in [2.05, 4.69) is 25.7 Å². The van der Waals surface area contributed by atoms with Crippen molar-refractivity contribution in [1.29, 1.82) is 0 Å². The van der Waals surface area contributed by atoms with Crippen LogP contribution in [-0.2, 0) is 0 Å². The largest absolute Gasteiger partial charge is 0.323 e. The van der Waals surface area contributed by atoms with Gasteiger partial charge < -0.3 is 5.73 Å². The minimum atomic E-state index is 0.120. The molecule has 0 unspecified atom stereocenters. The summed E-state index contributed by atoms with van der Waals surface area (Å²) in [5.74, 6) is 0.621. The van der Waals surface area contributed by atoms with Gasteiger partial charge in [-0.15, -0.1) is 0 Å². The van der Waals surface area contributed by atoms with Crippen molar-refractivity contribution in [1.82, 2.24) is 4.90 Å². The van der Waals surface area contributed by atoms with Crippen LogP contribution in [0.15, 0.2) is 0 Å². The molecule has 1 heterocycles. The van der Waals surface area contributed by atoms with E-state index in [1.54, 1.807) is 0 Å². The Morgan fingerprint density at radius 1 is 1.45 bits per heavy atom. The van der Waals surface area contributed by atoms with E-state index in [-0.39, 0.29) is 5.54 Å². The van der Waals surface area contributed by atoms with Crippen molar-refractivity contribution < 1.29 is 0 Å². The van der Waals surface area contributed by atoms with Crippen molar-refractivity contribution in [2.24, 2.45) is 11.7 Å². The Bertz CT molecular complexity index is 126. The van der Waals surface area contributed by atoms with Crippen molar-refractivity contribution >= 4 is 0 Å². The summed E-state index contributed by atoms with van der Waals surface area (Å²) in [4.78, 5) is 2.43. The summed E-state index contributed by atoms with van der Waals surface area (Å²) in [6, 6.07) is 0. The average Bonchev–Trinajstić information content (AvgIpc) is 1.84. The van der Waals surface area contributed by atoms with Gasteiger partial charge in [0.1, 0.15) is 0 Å². The van der Waals surface area contributed by atoms with E-state index < -0.39 is 0 Å². The van der Waals surface area contributed by atoms with Crippen LogP contribution in [0.1, 0.15) is 27.2 Å². The Labute approximate surface area is 69.8 Å². The fourth-order valence-corrected chi connectivity index (χ4v) is 1.63. The Hall–Kier alpha value is -0.0800. The molecule has 1 rings (SSSR count). The van der Waals surface area contributed by atoms with Gasteiger partial charge in [-0.25, -0.2) is 0 Å². The van der Waals surface area contributed by atoms with Crippen LogP contribution in [0.25, 0.3) is 0 Å². The third kappa shape index (κ3) is 1.74. The predicted octanol–water partition coefficient (Wildman–Crippen LogP) is 1.07. The summed E-state index contributed by atoms with van der Waals surface area (Å²) in [7, 11) is 0. The Balaban J connectivity index is 2.26. The summed E-state index contributed by atoms with van der Waals surface area (Å²) in [5, 5.41) is 0. The van der Waals surface area contributed by atoms with Crippen molar-refractivity contribution in [3.63, 3.8) is 0 Å². The van der Waals surface area contributed by atoms with Crippen LogP contribution < -0.4 is 5.73 Å². The zero-order valence-electron chi connectivity index (χ0n) is 7.93. The number of hydrogen-bond donors (Lipinski definition) is 1. The molecule has 11 heavy (non-hydrogen) atoms. The molecule has 2 nitrogen and oxygen atoms in total. The SMILES string of the molecule is CCCN1CC(N)(C(C)C)C1. The Morgan fingerprint density at radius 3 is 2.36 bits per heavy atom. The van der Waals surface area contributed by atoms with Gasteiger partial charge in [-0.2, -0.15) is 0 Å². The minimum absolute atomic E-state index is 0.120. The highest BCUT2D eigenvalue weighted by atomic mass is 15.2. The van der Waals surface area contributed by atoms with E-state index in [4.69, 9.17) is 5.73 Å². The summed E-state index contributed by atoms with van der Waals surface area (Å²) >= 11 is 0. The first-order valence-electron chi connectivity index (χ1n) is 4.59. The molecule has 2 heteroatoms. The van der Waals surface area contributed by atoms with Crippen LogP contribution in [0.2, 0.25) is 0 Å². The topological polar surface area (TPSA) is 29.3 Å². The van der Waals surface area contributed by atoms with E-state index in [0.29, 0.717) is 5.92 Å². The molecule has 0 aromatic heterocycles. The fourth-order valence-electron chi connectivity index (χ4n) is 1.63. The first-order valence-corrected chi connectivity index (χ1v) is 4.59. The normalized spacial score (nSPS) is 23.7. The molecule has 1 fully saturated rings. The summed E-state index contributed by atoms with van der Waals surface area (Å²) in [5.41, 5.74) is 6.24. The van der Waals surface area contributed by atoms with E-state index in [1.165, 1.54) is 13.0 Å². The van der Waals surface area contributed by atoms with Crippen LogP contribution in [0.4, 0.5) is 0 Å². The van der Waals surface area contributed by atoms with Gasteiger partial charge in [0.15, 0.2) is 0 Å². The molecule has 1 aliphatic rings. The summed E-state index contributed by atoms with van der Waals surface area (Å²) in [6.07, 6.45) is 1.24. The number of rotatable bonds is 3. The molecule has 0 saturated carbocycles. The smallest absolute Gasteiger partial charge is 0.0435 e. The average molecular weight is 156 g/mol. The second-order valence-electron chi connectivity index (χ2n) is 4.10. The fraction of sp³-hybridized carbons (Fsp3) is 1.00. The van der Waals surface area contributed by atoms with Gasteiger partial charge in [-0.3, -0.25) is 4.90 Å². The lowest BCUT2D eigenvalue weighted by Gasteiger charge is -2.50. The van der Waals surface area contributed by atoms with E-state index in [9.17, 15) is 0 Å². The lowest BCUT2D eigenvalue weighted by Crippen LogP contribution is -2.69. The van der Waals surface area contributed by atoms with E-state index in [1.807, 2.05) is 0 Å². The third-order valence-electron chi connectivity index (χ3n) is 2.73. The molecular weight excluding hydrogens is 136 g/mol. The second-order valence-corrected chi connectivity index (χ2v) is 4.10. The molecule has 0 aromatic rings. The molecule has 2 N–H and O–H groups in total. The minimum Gasteiger partial charge on any atom is -0.323 e. The van der Waals surface area contributed by atoms with Crippen LogP contribution in [0, 0.1) is 5.92 Å². The van der Waals surface area contributed by atoms with Crippen LogP contribution >= 0.6 is 0 Å². The predicted molar refractivity (Wildman–Crippen MR) is 48.5 cm³/mol. The number of nitrogens with zero attached hydrogens (tertiary/aromatic N) is 1. The third-order valence-corrected chi connectivity index (χ3v) is 2.73. The lowest BCUT2D eigenvalue weighted by atomic mass is 9.80. The molecule has 0 aliphatic carbocycles. The molecular formula is C9H20N2. The Morgan fingerprint density at radius 2 is 2.00 bits per heavy atom. The molecule has 1 aliphatic heterocycles. The van der Waals surface area contributed by atoms with Gasteiger partial charge in [0, 0.05) is 18.6 Å². The van der Waals surface area contributed by atoms with Crippen LogP contribution in [0.3, 0.4) is 0 Å². The van der Waals surface area contributed by atoms with Crippen molar-refractivity contribution in [2.75, 3.05) is 19.6 Å². The van der Waals surface area contributed by atoms with Gasteiger partial charge in [0.05, 0.1) is 0 Å². The first-order chi connectivity index (χ1) is 5.08. The molecule has 66 valence electrons. The lowest BCUT2D eigenvalue weighted by molar-refractivity contribution is 0.0382. The van der Waals surface area contributed by atoms with Gasteiger partial charge >= 0.3 is 0 Å². The molecule has 0 radical (unpaired) electrons. The monoisotopic (exact) mass is 156 g/mol. The van der Waals surface area contributed by atoms with Crippen molar-refractivity contribution in [2.45, 2.75) is 32.7 Å². The molecule has 1 saturated heterocycles. The van der Waals surface area contributed by atoms with Crippen LogP contribution in [-0.4, -0.2) is 30.1 Å². The zero-order valence-corrected chi connectivity index (χ0v) is 7.93.